The smallest absolute Gasteiger partial charge is 0.343 e. The Kier molecular flexibility index (Phi) is 2.89. The third-order valence-electron chi connectivity index (χ3n) is 3.07. The fraction of sp³-hybridized carbons (Fsp3) is 0.0625. The molecule has 3 heteroatoms. The standard InChI is InChI=1S/C16H12O3/c17-15(11-6-2-1-3-7-11)14-10-12-8-4-5-9-13(12)16(18)19-14/h1-10,15,17H/t15-/m0/s1. The monoisotopic (exact) mass is 252 g/mol. The lowest BCUT2D eigenvalue weighted by Gasteiger charge is -2.10. The molecule has 0 aliphatic carbocycles. The van der Waals surface area contributed by atoms with Crippen LogP contribution in [0.1, 0.15) is 17.4 Å². The average molecular weight is 252 g/mol. The van der Waals surface area contributed by atoms with Crippen molar-refractivity contribution in [3.8, 4) is 0 Å². The van der Waals surface area contributed by atoms with Crippen LogP contribution in [-0.2, 0) is 0 Å². The topological polar surface area (TPSA) is 50.4 Å². The van der Waals surface area contributed by atoms with Crippen LogP contribution in [0, 0.1) is 0 Å². The van der Waals surface area contributed by atoms with Crippen molar-refractivity contribution in [2.75, 3.05) is 0 Å². The van der Waals surface area contributed by atoms with E-state index in [4.69, 9.17) is 4.42 Å². The number of benzene rings is 2. The SMILES string of the molecule is O=c1oc([C@@H](O)c2ccccc2)cc2ccccc12. The van der Waals surface area contributed by atoms with Crippen LogP contribution < -0.4 is 5.63 Å². The minimum absolute atomic E-state index is 0.259. The Hall–Kier alpha value is -2.39. The third-order valence-corrected chi connectivity index (χ3v) is 3.07. The Morgan fingerprint density at radius 1 is 0.947 bits per heavy atom. The molecule has 3 rings (SSSR count). The van der Waals surface area contributed by atoms with E-state index in [9.17, 15) is 9.90 Å². The van der Waals surface area contributed by atoms with Gasteiger partial charge in [-0.1, -0.05) is 48.5 Å². The first-order chi connectivity index (χ1) is 9.25. The third kappa shape index (κ3) is 2.16. The summed E-state index contributed by atoms with van der Waals surface area (Å²) < 4.78 is 5.20. The Morgan fingerprint density at radius 3 is 2.42 bits per heavy atom. The number of hydrogen-bond donors (Lipinski definition) is 1. The van der Waals surface area contributed by atoms with E-state index < -0.39 is 11.7 Å². The van der Waals surface area contributed by atoms with Gasteiger partial charge >= 0.3 is 5.63 Å². The second kappa shape index (κ2) is 4.71. The molecule has 0 bridgehead atoms. The molecule has 1 heterocycles. The van der Waals surface area contributed by atoms with Crippen molar-refractivity contribution < 1.29 is 9.52 Å². The lowest BCUT2D eigenvalue weighted by molar-refractivity contribution is 0.184. The Balaban J connectivity index is 2.14. The molecule has 2 aromatic carbocycles. The highest BCUT2D eigenvalue weighted by Gasteiger charge is 2.14. The maximum atomic E-state index is 11.9. The van der Waals surface area contributed by atoms with Crippen LogP contribution in [0.4, 0.5) is 0 Å². The van der Waals surface area contributed by atoms with Gasteiger partial charge in [0, 0.05) is 0 Å². The minimum Gasteiger partial charge on any atom is -0.424 e. The molecular weight excluding hydrogens is 240 g/mol. The van der Waals surface area contributed by atoms with E-state index in [-0.39, 0.29) is 5.76 Å². The number of aliphatic hydroxyl groups excluding tert-OH is 1. The largest absolute Gasteiger partial charge is 0.424 e. The zero-order chi connectivity index (χ0) is 13.2. The van der Waals surface area contributed by atoms with Crippen LogP contribution in [0.3, 0.4) is 0 Å². The van der Waals surface area contributed by atoms with E-state index in [1.54, 1.807) is 30.3 Å². The molecule has 0 saturated heterocycles. The molecule has 0 aliphatic rings. The van der Waals surface area contributed by atoms with Gasteiger partial charge in [-0.2, -0.15) is 0 Å². The molecule has 19 heavy (non-hydrogen) atoms. The Labute approximate surface area is 109 Å². The normalized spacial score (nSPS) is 12.5. The van der Waals surface area contributed by atoms with Crippen LogP contribution in [0.25, 0.3) is 10.8 Å². The van der Waals surface area contributed by atoms with Gasteiger partial charge in [0.2, 0.25) is 0 Å². The molecule has 0 spiro atoms. The van der Waals surface area contributed by atoms with Crippen molar-refractivity contribution in [2.24, 2.45) is 0 Å². The van der Waals surface area contributed by atoms with Crippen LogP contribution in [0.2, 0.25) is 0 Å². The first-order valence-corrected chi connectivity index (χ1v) is 6.01. The van der Waals surface area contributed by atoms with Gasteiger partial charge in [-0.15, -0.1) is 0 Å². The molecular formula is C16H12O3. The van der Waals surface area contributed by atoms with E-state index in [2.05, 4.69) is 0 Å². The van der Waals surface area contributed by atoms with Crippen molar-refractivity contribution in [3.05, 3.63) is 82.4 Å². The van der Waals surface area contributed by atoms with E-state index in [1.807, 2.05) is 30.3 Å². The summed E-state index contributed by atoms with van der Waals surface area (Å²) in [5, 5.41) is 11.5. The quantitative estimate of drug-likeness (QED) is 0.763. The summed E-state index contributed by atoms with van der Waals surface area (Å²) in [5.74, 6) is 0.259. The average Bonchev–Trinajstić information content (AvgIpc) is 2.47. The fourth-order valence-electron chi connectivity index (χ4n) is 2.09. The summed E-state index contributed by atoms with van der Waals surface area (Å²) >= 11 is 0. The van der Waals surface area contributed by atoms with Crippen molar-refractivity contribution in [2.45, 2.75) is 6.10 Å². The molecule has 3 nitrogen and oxygen atoms in total. The van der Waals surface area contributed by atoms with Gasteiger partial charge in [0.1, 0.15) is 11.9 Å². The maximum Gasteiger partial charge on any atom is 0.343 e. The summed E-state index contributed by atoms with van der Waals surface area (Å²) in [5.41, 5.74) is 0.268. The van der Waals surface area contributed by atoms with Crippen LogP contribution in [0.5, 0.6) is 0 Å². The maximum absolute atomic E-state index is 11.9. The Bertz CT molecular complexity index is 760. The van der Waals surface area contributed by atoms with E-state index >= 15 is 0 Å². The van der Waals surface area contributed by atoms with Crippen molar-refractivity contribution >= 4 is 10.8 Å². The summed E-state index contributed by atoms with van der Waals surface area (Å²) in [6.45, 7) is 0. The molecule has 1 atom stereocenters. The predicted octanol–water partition coefficient (Wildman–Crippen LogP) is 2.87. The van der Waals surface area contributed by atoms with Gasteiger partial charge in [0.25, 0.3) is 0 Å². The van der Waals surface area contributed by atoms with Crippen molar-refractivity contribution in [3.63, 3.8) is 0 Å². The summed E-state index contributed by atoms with van der Waals surface area (Å²) in [7, 11) is 0. The molecule has 1 aromatic heterocycles. The van der Waals surface area contributed by atoms with Gasteiger partial charge in [0.05, 0.1) is 5.39 Å². The van der Waals surface area contributed by atoms with Gasteiger partial charge in [-0.05, 0) is 23.1 Å². The van der Waals surface area contributed by atoms with Gasteiger partial charge < -0.3 is 9.52 Å². The number of fused-ring (bicyclic) bond motifs is 1. The summed E-state index contributed by atoms with van der Waals surface area (Å²) in [6, 6.07) is 18.0. The first kappa shape index (κ1) is 11.7. The predicted molar refractivity (Wildman–Crippen MR) is 73.0 cm³/mol. The van der Waals surface area contributed by atoms with E-state index in [0.29, 0.717) is 10.9 Å². The first-order valence-electron chi connectivity index (χ1n) is 6.01. The second-order valence-electron chi connectivity index (χ2n) is 4.34. The second-order valence-corrected chi connectivity index (χ2v) is 4.34. The molecule has 3 aromatic rings. The summed E-state index contributed by atoms with van der Waals surface area (Å²) in [6.07, 6.45) is -0.932. The molecule has 0 saturated carbocycles. The number of hydrogen-bond acceptors (Lipinski definition) is 3. The van der Waals surface area contributed by atoms with Crippen LogP contribution >= 0.6 is 0 Å². The Morgan fingerprint density at radius 2 is 1.63 bits per heavy atom. The van der Waals surface area contributed by atoms with Gasteiger partial charge in [-0.3, -0.25) is 0 Å². The van der Waals surface area contributed by atoms with Crippen LogP contribution in [0.15, 0.2) is 69.9 Å². The molecule has 1 N–H and O–H groups in total. The molecule has 0 unspecified atom stereocenters. The number of rotatable bonds is 2. The number of aliphatic hydroxyl groups is 1. The van der Waals surface area contributed by atoms with Crippen molar-refractivity contribution in [1.82, 2.24) is 0 Å². The molecule has 0 fully saturated rings. The van der Waals surface area contributed by atoms with Gasteiger partial charge in [0.15, 0.2) is 0 Å². The zero-order valence-corrected chi connectivity index (χ0v) is 10.1. The summed E-state index contributed by atoms with van der Waals surface area (Å²) in [4.78, 5) is 11.9. The highest BCUT2D eigenvalue weighted by Crippen LogP contribution is 2.23. The zero-order valence-electron chi connectivity index (χ0n) is 10.1. The lowest BCUT2D eigenvalue weighted by atomic mass is 10.1. The van der Waals surface area contributed by atoms with Crippen molar-refractivity contribution in [1.29, 1.82) is 0 Å². The van der Waals surface area contributed by atoms with E-state index in [0.717, 1.165) is 5.39 Å². The van der Waals surface area contributed by atoms with E-state index in [1.165, 1.54) is 0 Å². The highest BCUT2D eigenvalue weighted by molar-refractivity contribution is 5.81. The highest BCUT2D eigenvalue weighted by atomic mass is 16.4. The van der Waals surface area contributed by atoms with Crippen LogP contribution in [-0.4, -0.2) is 5.11 Å². The lowest BCUT2D eigenvalue weighted by Crippen LogP contribution is -2.06. The fourth-order valence-corrected chi connectivity index (χ4v) is 2.09. The molecule has 94 valence electrons. The molecule has 0 aliphatic heterocycles. The molecule has 0 amide bonds. The molecule has 0 radical (unpaired) electrons. The van der Waals surface area contributed by atoms with Gasteiger partial charge in [-0.25, -0.2) is 4.79 Å². The minimum atomic E-state index is -0.932.